The number of carbonyl (C=O) groups is 1. The largest absolute Gasteiger partial charge is 0.467 e. The van der Waals surface area contributed by atoms with E-state index in [-0.39, 0.29) is 6.42 Å². The van der Waals surface area contributed by atoms with E-state index in [0.717, 1.165) is 12.8 Å². The fourth-order valence-electron chi connectivity index (χ4n) is 0.629. The second kappa shape index (κ2) is 5.21. The molecule has 0 aromatic heterocycles. The summed E-state index contributed by atoms with van der Waals surface area (Å²) in [6.45, 7) is 1.95. The van der Waals surface area contributed by atoms with E-state index in [1.54, 1.807) is 0 Å². The molecule has 0 aliphatic rings. The van der Waals surface area contributed by atoms with Crippen molar-refractivity contribution in [2.45, 2.75) is 32.4 Å². The molecule has 0 spiro atoms. The highest BCUT2D eigenvalue weighted by Crippen LogP contribution is 2.05. The molecule has 0 unspecified atom stereocenters. The van der Waals surface area contributed by atoms with Gasteiger partial charge >= 0.3 is 5.97 Å². The molecule has 10 heavy (non-hydrogen) atoms. The van der Waals surface area contributed by atoms with Crippen molar-refractivity contribution in [1.29, 1.82) is 0 Å². The number of methoxy groups -OCH3 is 1. The maximum absolute atomic E-state index is 12.5. The number of hydrogen-bond acceptors (Lipinski definition) is 2. The highest BCUT2D eigenvalue weighted by atomic mass is 19.1. The molecule has 0 fully saturated rings. The number of rotatable bonds is 4. The molecule has 0 amide bonds. The van der Waals surface area contributed by atoms with E-state index >= 15 is 0 Å². The Morgan fingerprint density at radius 1 is 1.70 bits per heavy atom. The van der Waals surface area contributed by atoms with Gasteiger partial charge in [-0.15, -0.1) is 0 Å². The van der Waals surface area contributed by atoms with E-state index < -0.39 is 12.1 Å². The average Bonchev–Trinajstić information content (AvgIpc) is 1.98. The van der Waals surface area contributed by atoms with E-state index in [0.29, 0.717) is 0 Å². The fraction of sp³-hybridized carbons (Fsp3) is 0.857. The van der Waals surface area contributed by atoms with Gasteiger partial charge in [0.25, 0.3) is 0 Å². The Hall–Kier alpha value is -0.600. The van der Waals surface area contributed by atoms with Gasteiger partial charge in [-0.25, -0.2) is 9.18 Å². The normalized spacial score (nSPS) is 12.7. The lowest BCUT2D eigenvalue weighted by atomic mass is 10.2. The van der Waals surface area contributed by atoms with Crippen LogP contribution < -0.4 is 0 Å². The van der Waals surface area contributed by atoms with Crippen LogP contribution >= 0.6 is 0 Å². The summed E-state index contributed by atoms with van der Waals surface area (Å²) in [6, 6.07) is 0. The van der Waals surface area contributed by atoms with Crippen molar-refractivity contribution >= 4 is 5.97 Å². The first-order valence-electron chi connectivity index (χ1n) is 3.44. The Kier molecular flexibility index (Phi) is 4.89. The van der Waals surface area contributed by atoms with Crippen molar-refractivity contribution in [3.05, 3.63) is 0 Å². The van der Waals surface area contributed by atoms with Gasteiger partial charge < -0.3 is 4.74 Å². The summed E-state index contributed by atoms with van der Waals surface area (Å²) in [5.74, 6) is -0.756. The molecule has 0 bridgehead atoms. The zero-order valence-electron chi connectivity index (χ0n) is 6.39. The fourth-order valence-corrected chi connectivity index (χ4v) is 0.629. The van der Waals surface area contributed by atoms with Crippen LogP contribution in [0.5, 0.6) is 0 Å². The predicted octanol–water partition coefficient (Wildman–Crippen LogP) is 1.69. The van der Waals surface area contributed by atoms with Crippen molar-refractivity contribution < 1.29 is 13.9 Å². The van der Waals surface area contributed by atoms with E-state index in [4.69, 9.17) is 0 Å². The van der Waals surface area contributed by atoms with Crippen LogP contribution in [0.2, 0.25) is 0 Å². The zero-order valence-corrected chi connectivity index (χ0v) is 6.39. The van der Waals surface area contributed by atoms with Crippen LogP contribution in [0.25, 0.3) is 0 Å². The van der Waals surface area contributed by atoms with Crippen LogP contribution in [-0.2, 0) is 9.53 Å². The summed E-state index contributed by atoms with van der Waals surface area (Å²) >= 11 is 0. The van der Waals surface area contributed by atoms with Crippen molar-refractivity contribution in [2.24, 2.45) is 0 Å². The summed E-state index contributed by atoms with van der Waals surface area (Å²) in [5.41, 5.74) is 0. The first-order valence-corrected chi connectivity index (χ1v) is 3.44. The minimum Gasteiger partial charge on any atom is -0.467 e. The quantitative estimate of drug-likeness (QED) is 0.567. The van der Waals surface area contributed by atoms with Crippen LogP contribution in [0.1, 0.15) is 26.2 Å². The van der Waals surface area contributed by atoms with Gasteiger partial charge in [-0.2, -0.15) is 0 Å². The van der Waals surface area contributed by atoms with Gasteiger partial charge in [0.1, 0.15) is 0 Å². The van der Waals surface area contributed by atoms with Gasteiger partial charge in [-0.05, 0) is 6.42 Å². The maximum atomic E-state index is 12.5. The minimum atomic E-state index is -1.43. The van der Waals surface area contributed by atoms with Gasteiger partial charge in [0.05, 0.1) is 7.11 Å². The van der Waals surface area contributed by atoms with Gasteiger partial charge in [0, 0.05) is 0 Å². The molecule has 2 nitrogen and oxygen atoms in total. The maximum Gasteiger partial charge on any atom is 0.340 e. The van der Waals surface area contributed by atoms with Gasteiger partial charge in [-0.1, -0.05) is 19.8 Å². The average molecular weight is 148 g/mol. The molecular formula is C7H13FO2. The molecule has 0 rings (SSSR count). The second-order valence-electron chi connectivity index (χ2n) is 2.13. The molecule has 0 radical (unpaired) electrons. The van der Waals surface area contributed by atoms with Crippen LogP contribution in [0.15, 0.2) is 0 Å². The summed E-state index contributed by atoms with van der Waals surface area (Å²) in [6.07, 6.45) is 0.488. The van der Waals surface area contributed by atoms with Crippen LogP contribution in [-0.4, -0.2) is 19.3 Å². The Bertz CT molecular complexity index is 104. The molecule has 0 saturated carbocycles. The highest BCUT2D eigenvalue weighted by Gasteiger charge is 2.15. The highest BCUT2D eigenvalue weighted by molar-refractivity contribution is 5.74. The van der Waals surface area contributed by atoms with E-state index in [1.165, 1.54) is 7.11 Å². The Morgan fingerprint density at radius 2 is 2.30 bits per heavy atom. The molecule has 0 heterocycles. The van der Waals surface area contributed by atoms with Crippen LogP contribution in [0.4, 0.5) is 4.39 Å². The molecule has 3 heteroatoms. The number of alkyl halides is 1. The van der Waals surface area contributed by atoms with Crippen molar-refractivity contribution in [3.8, 4) is 0 Å². The number of ether oxygens (including phenoxy) is 1. The lowest BCUT2D eigenvalue weighted by molar-refractivity contribution is -0.146. The molecule has 0 aromatic rings. The Balaban J connectivity index is 3.41. The molecule has 0 N–H and O–H groups in total. The summed E-state index contributed by atoms with van der Waals surface area (Å²) in [4.78, 5) is 10.4. The van der Waals surface area contributed by atoms with E-state index in [9.17, 15) is 9.18 Å². The molecule has 0 aliphatic carbocycles. The third-order valence-electron chi connectivity index (χ3n) is 1.27. The van der Waals surface area contributed by atoms with Gasteiger partial charge in [-0.3, -0.25) is 0 Å². The number of unbranched alkanes of at least 4 members (excludes halogenated alkanes) is 1. The molecule has 1 atom stereocenters. The first kappa shape index (κ1) is 9.40. The monoisotopic (exact) mass is 148 g/mol. The third-order valence-corrected chi connectivity index (χ3v) is 1.27. The Labute approximate surface area is 60.4 Å². The summed E-state index contributed by atoms with van der Waals surface area (Å²) in [7, 11) is 1.20. The lowest BCUT2D eigenvalue weighted by Gasteiger charge is -2.03. The number of hydrogen-bond donors (Lipinski definition) is 0. The lowest BCUT2D eigenvalue weighted by Crippen LogP contribution is -2.16. The third kappa shape index (κ3) is 3.43. The molecular weight excluding hydrogens is 135 g/mol. The first-order chi connectivity index (χ1) is 4.72. The van der Waals surface area contributed by atoms with Crippen molar-refractivity contribution in [2.75, 3.05) is 7.11 Å². The number of halogens is 1. The number of carbonyl (C=O) groups excluding carboxylic acids is 1. The Morgan fingerprint density at radius 3 is 2.70 bits per heavy atom. The molecule has 60 valence electrons. The molecule has 0 aromatic carbocycles. The number of esters is 1. The molecule has 0 aliphatic heterocycles. The van der Waals surface area contributed by atoms with Crippen LogP contribution in [0.3, 0.4) is 0 Å². The van der Waals surface area contributed by atoms with E-state index in [2.05, 4.69) is 4.74 Å². The summed E-state index contributed by atoms with van der Waals surface area (Å²) in [5, 5.41) is 0. The summed E-state index contributed by atoms with van der Waals surface area (Å²) < 4.78 is 16.7. The topological polar surface area (TPSA) is 26.3 Å². The molecule has 0 saturated heterocycles. The second-order valence-corrected chi connectivity index (χ2v) is 2.13. The van der Waals surface area contributed by atoms with Crippen molar-refractivity contribution in [3.63, 3.8) is 0 Å². The van der Waals surface area contributed by atoms with Crippen LogP contribution in [0, 0.1) is 0 Å². The predicted molar refractivity (Wildman–Crippen MR) is 36.4 cm³/mol. The van der Waals surface area contributed by atoms with Gasteiger partial charge in [0.15, 0.2) is 6.17 Å². The van der Waals surface area contributed by atoms with Gasteiger partial charge in [0.2, 0.25) is 0 Å². The SMILES string of the molecule is CCCC[C@H](F)C(=O)OC. The zero-order chi connectivity index (χ0) is 7.98. The van der Waals surface area contributed by atoms with E-state index in [1.807, 2.05) is 6.92 Å². The standard InChI is InChI=1S/C7H13FO2/c1-3-4-5-6(8)7(9)10-2/h6H,3-5H2,1-2H3/t6-/m0/s1. The van der Waals surface area contributed by atoms with Crippen molar-refractivity contribution in [1.82, 2.24) is 0 Å². The smallest absolute Gasteiger partial charge is 0.340 e. The minimum absolute atomic E-state index is 0.281.